The molecule has 5 rings (SSSR count). The van der Waals surface area contributed by atoms with Gasteiger partial charge in [0.05, 0.1) is 0 Å². The second-order valence-electron chi connectivity index (χ2n) is 7.20. The molecule has 1 aromatic carbocycles. The van der Waals surface area contributed by atoms with Crippen LogP contribution in [0.25, 0.3) is 0 Å². The third-order valence-corrected chi connectivity index (χ3v) is 6.60. The molecule has 0 heterocycles. The maximum Gasteiger partial charge on any atom is 0.0468 e. The summed E-state index contributed by atoms with van der Waals surface area (Å²) in [6.45, 7) is 0. The first-order valence-electron chi connectivity index (χ1n) is 7.82. The Hall–Kier alpha value is -0.240. The van der Waals surface area contributed by atoms with E-state index in [0.717, 1.165) is 34.3 Å². The smallest absolute Gasteiger partial charge is 0.0468 e. The van der Waals surface area contributed by atoms with Crippen molar-refractivity contribution < 1.29 is 0 Å². The zero-order chi connectivity index (χ0) is 13.9. The Morgan fingerprint density at radius 3 is 2.10 bits per heavy atom. The molecule has 0 spiro atoms. The summed E-state index contributed by atoms with van der Waals surface area (Å²) in [6, 6.07) is 5.85. The molecule has 4 fully saturated rings. The van der Waals surface area contributed by atoms with E-state index in [4.69, 9.17) is 28.9 Å². The molecule has 1 aromatic rings. The summed E-state index contributed by atoms with van der Waals surface area (Å²) in [6.07, 6.45) is 7.08. The van der Waals surface area contributed by atoms with Crippen LogP contribution in [0.4, 0.5) is 0 Å². The van der Waals surface area contributed by atoms with E-state index in [2.05, 4.69) is 0 Å². The molecule has 108 valence electrons. The average Bonchev–Trinajstić information content (AvgIpc) is 2.37. The fourth-order valence-corrected chi connectivity index (χ4v) is 6.07. The molecule has 1 atom stereocenters. The van der Waals surface area contributed by atoms with Crippen molar-refractivity contribution in [1.29, 1.82) is 0 Å². The maximum absolute atomic E-state index is 6.64. The van der Waals surface area contributed by atoms with Gasteiger partial charge >= 0.3 is 0 Å². The summed E-state index contributed by atoms with van der Waals surface area (Å²) in [5, 5.41) is 1.43. The van der Waals surface area contributed by atoms with Crippen molar-refractivity contribution in [3.8, 4) is 0 Å². The highest BCUT2D eigenvalue weighted by Crippen LogP contribution is 2.59. The van der Waals surface area contributed by atoms with Gasteiger partial charge in [0.25, 0.3) is 0 Å². The molecule has 1 unspecified atom stereocenters. The minimum Gasteiger partial charge on any atom is -0.324 e. The summed E-state index contributed by atoms with van der Waals surface area (Å²) in [5.41, 5.74) is 7.73. The van der Waals surface area contributed by atoms with Crippen LogP contribution in [0.15, 0.2) is 18.2 Å². The lowest BCUT2D eigenvalue weighted by Gasteiger charge is -2.56. The first-order valence-corrected chi connectivity index (χ1v) is 8.58. The first kappa shape index (κ1) is 13.4. The minimum absolute atomic E-state index is 0.0785. The molecule has 3 heteroatoms. The summed E-state index contributed by atoms with van der Waals surface area (Å²) in [5.74, 6) is 4.26. The lowest BCUT2D eigenvalue weighted by Crippen LogP contribution is -2.48. The summed E-state index contributed by atoms with van der Waals surface area (Å²) >= 11 is 12.4. The predicted molar refractivity (Wildman–Crippen MR) is 83.9 cm³/mol. The second-order valence-corrected chi connectivity index (χ2v) is 8.04. The quantitative estimate of drug-likeness (QED) is 0.811. The van der Waals surface area contributed by atoms with Crippen molar-refractivity contribution >= 4 is 23.2 Å². The van der Waals surface area contributed by atoms with E-state index < -0.39 is 0 Å². The highest BCUT2D eigenvalue weighted by atomic mass is 35.5. The average molecular weight is 310 g/mol. The number of hydrogen-bond acceptors (Lipinski definition) is 1. The molecule has 0 aliphatic heterocycles. The van der Waals surface area contributed by atoms with Gasteiger partial charge in [-0.25, -0.2) is 0 Å². The monoisotopic (exact) mass is 309 g/mol. The highest BCUT2D eigenvalue weighted by Gasteiger charge is 2.50. The van der Waals surface area contributed by atoms with Crippen LogP contribution >= 0.6 is 23.2 Å². The van der Waals surface area contributed by atoms with Gasteiger partial charge < -0.3 is 5.73 Å². The zero-order valence-corrected chi connectivity index (χ0v) is 13.1. The number of benzene rings is 1. The van der Waals surface area contributed by atoms with Crippen molar-refractivity contribution in [2.75, 3.05) is 0 Å². The molecule has 0 amide bonds. The van der Waals surface area contributed by atoms with Gasteiger partial charge in [0.2, 0.25) is 0 Å². The van der Waals surface area contributed by atoms with Crippen LogP contribution in [0.5, 0.6) is 0 Å². The van der Waals surface area contributed by atoms with E-state index in [-0.39, 0.29) is 6.04 Å². The predicted octanol–water partition coefficient (Wildman–Crippen LogP) is 5.07. The minimum atomic E-state index is 0.0785. The Morgan fingerprint density at radius 1 is 0.950 bits per heavy atom. The molecule has 0 aromatic heterocycles. The standard InChI is InChI=1S/C17H21Cl2N/c18-13-1-2-14(15(19)8-13)17(20)16-11-4-9-3-10(6-11)7-12(16)5-9/h1-2,8-12,16-17H,3-7,20H2. The molecule has 1 nitrogen and oxygen atoms in total. The van der Waals surface area contributed by atoms with E-state index in [1.807, 2.05) is 18.2 Å². The van der Waals surface area contributed by atoms with Crippen molar-refractivity contribution in [2.45, 2.75) is 38.1 Å². The Morgan fingerprint density at radius 2 is 1.55 bits per heavy atom. The number of rotatable bonds is 2. The van der Waals surface area contributed by atoms with Crippen LogP contribution in [0.1, 0.15) is 43.7 Å². The molecule has 0 radical (unpaired) electrons. The van der Waals surface area contributed by atoms with Crippen molar-refractivity contribution in [3.05, 3.63) is 33.8 Å². The van der Waals surface area contributed by atoms with Crippen LogP contribution in [-0.4, -0.2) is 0 Å². The lowest BCUT2D eigenvalue weighted by atomic mass is 9.50. The van der Waals surface area contributed by atoms with Crippen LogP contribution in [0.2, 0.25) is 10.0 Å². The van der Waals surface area contributed by atoms with Crippen LogP contribution in [0, 0.1) is 29.6 Å². The van der Waals surface area contributed by atoms with Crippen molar-refractivity contribution in [2.24, 2.45) is 35.3 Å². The van der Waals surface area contributed by atoms with E-state index in [1.54, 1.807) is 0 Å². The molecular weight excluding hydrogens is 289 g/mol. The van der Waals surface area contributed by atoms with Crippen LogP contribution in [-0.2, 0) is 0 Å². The van der Waals surface area contributed by atoms with Gasteiger partial charge in [0.1, 0.15) is 0 Å². The Bertz CT molecular complexity index is 500. The summed E-state index contributed by atoms with van der Waals surface area (Å²) in [4.78, 5) is 0. The molecule has 0 saturated heterocycles. The third-order valence-electron chi connectivity index (χ3n) is 6.04. The molecule has 4 saturated carbocycles. The number of halogens is 2. The second kappa shape index (κ2) is 4.90. The van der Waals surface area contributed by atoms with Crippen LogP contribution in [0.3, 0.4) is 0 Å². The zero-order valence-electron chi connectivity index (χ0n) is 11.6. The Labute approximate surface area is 130 Å². The Balaban J connectivity index is 1.63. The van der Waals surface area contributed by atoms with E-state index in [9.17, 15) is 0 Å². The van der Waals surface area contributed by atoms with Crippen molar-refractivity contribution in [3.63, 3.8) is 0 Å². The SMILES string of the molecule is NC(c1ccc(Cl)cc1Cl)C1C2CC3CC(C2)CC1C3. The fourth-order valence-electron chi connectivity index (χ4n) is 5.53. The van der Waals surface area contributed by atoms with E-state index >= 15 is 0 Å². The highest BCUT2D eigenvalue weighted by molar-refractivity contribution is 6.35. The fraction of sp³-hybridized carbons (Fsp3) is 0.647. The van der Waals surface area contributed by atoms with Gasteiger partial charge in [-0.15, -0.1) is 0 Å². The molecule has 4 aliphatic rings. The van der Waals surface area contributed by atoms with Crippen LogP contribution < -0.4 is 5.73 Å². The van der Waals surface area contributed by atoms with Gasteiger partial charge in [-0.2, -0.15) is 0 Å². The van der Waals surface area contributed by atoms with Gasteiger partial charge in [-0.3, -0.25) is 0 Å². The summed E-state index contributed by atoms with van der Waals surface area (Å²) < 4.78 is 0. The molecule has 4 aliphatic carbocycles. The van der Waals surface area contributed by atoms with E-state index in [1.165, 1.54) is 32.1 Å². The van der Waals surface area contributed by atoms with Gasteiger partial charge in [-0.05, 0) is 79.4 Å². The van der Waals surface area contributed by atoms with E-state index in [0.29, 0.717) is 10.9 Å². The van der Waals surface area contributed by atoms with Gasteiger partial charge in [0.15, 0.2) is 0 Å². The molecule has 4 bridgehead atoms. The topological polar surface area (TPSA) is 26.0 Å². The molecule has 20 heavy (non-hydrogen) atoms. The number of hydrogen-bond donors (Lipinski definition) is 1. The first-order chi connectivity index (χ1) is 9.61. The Kier molecular flexibility index (Phi) is 3.29. The van der Waals surface area contributed by atoms with Gasteiger partial charge in [0, 0.05) is 16.1 Å². The number of nitrogens with two attached hydrogens (primary N) is 1. The normalized spacial score (nSPS) is 40.0. The maximum atomic E-state index is 6.64. The van der Waals surface area contributed by atoms with Crippen molar-refractivity contribution in [1.82, 2.24) is 0 Å². The van der Waals surface area contributed by atoms with Gasteiger partial charge in [-0.1, -0.05) is 29.3 Å². The largest absolute Gasteiger partial charge is 0.324 e. The molecule has 2 N–H and O–H groups in total. The lowest BCUT2D eigenvalue weighted by molar-refractivity contribution is -0.0471. The third kappa shape index (κ3) is 2.10. The summed E-state index contributed by atoms with van der Waals surface area (Å²) in [7, 11) is 0. The molecular formula is C17H21Cl2N.